The Kier molecular flexibility index (Phi) is 5.66. The molecule has 0 radical (unpaired) electrons. The van der Waals surface area contributed by atoms with Crippen molar-refractivity contribution < 1.29 is 23.1 Å². The van der Waals surface area contributed by atoms with E-state index >= 15 is 0 Å². The number of ether oxygens (including phenoxy) is 1. The SMILES string of the molecule is CC(C)OCCS(=O)(=O)NCC(=O)O. The van der Waals surface area contributed by atoms with Gasteiger partial charge in [0.05, 0.1) is 18.5 Å². The van der Waals surface area contributed by atoms with Crippen LogP contribution in [0, 0.1) is 0 Å². The Morgan fingerprint density at radius 2 is 2.07 bits per heavy atom. The second-order valence-electron chi connectivity index (χ2n) is 2.95. The zero-order valence-electron chi connectivity index (χ0n) is 8.19. The third-order valence-corrected chi connectivity index (χ3v) is 2.53. The normalized spacial score (nSPS) is 11.9. The largest absolute Gasteiger partial charge is 0.480 e. The Bertz CT molecular complexity index is 272. The molecule has 6 nitrogen and oxygen atoms in total. The molecule has 0 fully saturated rings. The summed E-state index contributed by atoms with van der Waals surface area (Å²) in [4.78, 5) is 10.1. The lowest BCUT2D eigenvalue weighted by Gasteiger charge is -2.07. The molecule has 0 saturated heterocycles. The van der Waals surface area contributed by atoms with Crippen LogP contribution < -0.4 is 4.72 Å². The summed E-state index contributed by atoms with van der Waals surface area (Å²) in [6.45, 7) is 3.05. The molecule has 14 heavy (non-hydrogen) atoms. The fourth-order valence-electron chi connectivity index (χ4n) is 0.637. The number of aliphatic carboxylic acids is 1. The van der Waals surface area contributed by atoms with Crippen LogP contribution >= 0.6 is 0 Å². The van der Waals surface area contributed by atoms with Gasteiger partial charge >= 0.3 is 5.97 Å². The standard InChI is InChI=1S/C7H15NO5S/c1-6(2)13-3-4-14(11,12)8-5-7(9)10/h6,8H,3-5H2,1-2H3,(H,9,10). The molecule has 0 bridgehead atoms. The molecule has 0 rings (SSSR count). The van der Waals surface area contributed by atoms with Gasteiger partial charge in [0.2, 0.25) is 10.0 Å². The van der Waals surface area contributed by atoms with E-state index in [9.17, 15) is 13.2 Å². The maximum Gasteiger partial charge on any atom is 0.318 e. The maximum absolute atomic E-state index is 11.1. The molecule has 2 N–H and O–H groups in total. The van der Waals surface area contributed by atoms with Crippen LogP contribution in [0.4, 0.5) is 0 Å². The summed E-state index contributed by atoms with van der Waals surface area (Å²) in [5, 5.41) is 8.23. The number of nitrogens with one attached hydrogen (secondary N) is 1. The van der Waals surface area contributed by atoms with Crippen molar-refractivity contribution in [1.29, 1.82) is 0 Å². The molecule has 0 aliphatic rings. The third-order valence-electron chi connectivity index (χ3n) is 1.25. The fourth-order valence-corrected chi connectivity index (χ4v) is 1.44. The highest BCUT2D eigenvalue weighted by atomic mass is 32.2. The van der Waals surface area contributed by atoms with Crippen LogP contribution in [-0.2, 0) is 19.6 Å². The number of hydrogen-bond acceptors (Lipinski definition) is 4. The van der Waals surface area contributed by atoms with Crippen molar-refractivity contribution in [3.8, 4) is 0 Å². The van der Waals surface area contributed by atoms with E-state index in [1.165, 1.54) is 0 Å². The van der Waals surface area contributed by atoms with Crippen LogP contribution in [0.1, 0.15) is 13.8 Å². The minimum Gasteiger partial charge on any atom is -0.480 e. The number of rotatable bonds is 7. The van der Waals surface area contributed by atoms with E-state index < -0.39 is 22.5 Å². The summed E-state index contributed by atoms with van der Waals surface area (Å²) in [6.07, 6.45) is -0.0373. The first kappa shape index (κ1) is 13.3. The second kappa shape index (κ2) is 5.94. The minimum absolute atomic E-state index is 0.0373. The Morgan fingerprint density at radius 1 is 1.50 bits per heavy atom. The van der Waals surface area contributed by atoms with E-state index in [-0.39, 0.29) is 18.5 Å². The molecule has 0 aromatic carbocycles. The molecule has 0 atom stereocenters. The Morgan fingerprint density at radius 3 is 2.50 bits per heavy atom. The van der Waals surface area contributed by atoms with Gasteiger partial charge in [0.1, 0.15) is 6.54 Å². The van der Waals surface area contributed by atoms with Gasteiger partial charge in [-0.25, -0.2) is 13.1 Å². The molecule has 0 aliphatic heterocycles. The lowest BCUT2D eigenvalue weighted by atomic mass is 10.5. The molecule has 0 aromatic heterocycles. The molecular formula is C7H15NO5S. The van der Waals surface area contributed by atoms with E-state index in [0.717, 1.165) is 0 Å². The average molecular weight is 225 g/mol. The van der Waals surface area contributed by atoms with Crippen LogP contribution in [0.25, 0.3) is 0 Å². The second-order valence-corrected chi connectivity index (χ2v) is 4.88. The molecule has 84 valence electrons. The first-order valence-corrected chi connectivity index (χ1v) is 5.79. The molecule has 7 heteroatoms. The highest BCUT2D eigenvalue weighted by Gasteiger charge is 2.11. The summed E-state index contributed by atoms with van der Waals surface area (Å²) < 4.78 is 29.1. The summed E-state index contributed by atoms with van der Waals surface area (Å²) in [5.74, 6) is -1.43. The number of hydrogen-bond donors (Lipinski definition) is 2. The van der Waals surface area contributed by atoms with Gasteiger partial charge in [0, 0.05) is 0 Å². The molecule has 0 saturated carbocycles. The highest BCUT2D eigenvalue weighted by Crippen LogP contribution is 1.90. The first-order chi connectivity index (χ1) is 6.33. The molecule has 0 unspecified atom stereocenters. The van der Waals surface area contributed by atoms with Crippen molar-refractivity contribution in [2.24, 2.45) is 0 Å². The maximum atomic E-state index is 11.1. The summed E-state index contributed by atoms with van der Waals surface area (Å²) in [6, 6.07) is 0. The van der Waals surface area contributed by atoms with Gasteiger partial charge in [-0.15, -0.1) is 0 Å². The van der Waals surface area contributed by atoms with Gasteiger partial charge in [-0.05, 0) is 13.8 Å². The van der Waals surface area contributed by atoms with Gasteiger partial charge in [0.25, 0.3) is 0 Å². The van der Waals surface area contributed by atoms with Crippen LogP contribution in [0.15, 0.2) is 0 Å². The Labute approximate surface area is 83.3 Å². The Balaban J connectivity index is 3.79. The smallest absolute Gasteiger partial charge is 0.318 e. The van der Waals surface area contributed by atoms with Crippen molar-refractivity contribution >= 4 is 16.0 Å². The van der Waals surface area contributed by atoms with Gasteiger partial charge < -0.3 is 9.84 Å². The van der Waals surface area contributed by atoms with Gasteiger partial charge in [-0.2, -0.15) is 0 Å². The zero-order chi connectivity index (χ0) is 11.2. The van der Waals surface area contributed by atoms with E-state index in [0.29, 0.717) is 0 Å². The lowest BCUT2D eigenvalue weighted by molar-refractivity contribution is -0.135. The van der Waals surface area contributed by atoms with Crippen LogP contribution in [0.2, 0.25) is 0 Å². The van der Waals surface area contributed by atoms with Crippen molar-refractivity contribution in [2.45, 2.75) is 20.0 Å². The number of carboxylic acids is 1. The van der Waals surface area contributed by atoms with E-state index in [1.807, 2.05) is 4.72 Å². The first-order valence-electron chi connectivity index (χ1n) is 4.14. The Hall–Kier alpha value is -0.660. The lowest BCUT2D eigenvalue weighted by Crippen LogP contribution is -2.33. The quantitative estimate of drug-likeness (QED) is 0.604. The molecule has 0 spiro atoms. The summed E-state index contributed by atoms with van der Waals surface area (Å²) >= 11 is 0. The van der Waals surface area contributed by atoms with E-state index in [1.54, 1.807) is 13.8 Å². The molecule has 0 heterocycles. The van der Waals surface area contributed by atoms with Crippen molar-refractivity contribution in [3.63, 3.8) is 0 Å². The topological polar surface area (TPSA) is 92.7 Å². The number of carbonyl (C=O) groups is 1. The van der Waals surface area contributed by atoms with E-state index in [2.05, 4.69) is 0 Å². The van der Waals surface area contributed by atoms with Crippen LogP contribution in [0.3, 0.4) is 0 Å². The van der Waals surface area contributed by atoms with Crippen molar-refractivity contribution in [1.82, 2.24) is 4.72 Å². The third kappa shape index (κ3) is 7.96. The van der Waals surface area contributed by atoms with Gasteiger partial charge in [-0.3, -0.25) is 4.79 Å². The van der Waals surface area contributed by atoms with Crippen LogP contribution in [0.5, 0.6) is 0 Å². The zero-order valence-corrected chi connectivity index (χ0v) is 9.00. The predicted octanol–water partition coefficient (Wildman–Crippen LogP) is -0.585. The van der Waals surface area contributed by atoms with Crippen molar-refractivity contribution in [2.75, 3.05) is 18.9 Å². The summed E-state index contributed by atoms with van der Waals surface area (Å²) in [7, 11) is -3.53. The molecule has 0 aromatic rings. The minimum atomic E-state index is -3.53. The average Bonchev–Trinajstić information content (AvgIpc) is 2.00. The van der Waals surface area contributed by atoms with Gasteiger partial charge in [-0.1, -0.05) is 0 Å². The fraction of sp³-hybridized carbons (Fsp3) is 0.857. The molecule has 0 aliphatic carbocycles. The van der Waals surface area contributed by atoms with Crippen molar-refractivity contribution in [3.05, 3.63) is 0 Å². The number of sulfonamides is 1. The van der Waals surface area contributed by atoms with E-state index in [4.69, 9.17) is 9.84 Å². The summed E-state index contributed by atoms with van der Waals surface area (Å²) in [5.41, 5.74) is 0. The van der Waals surface area contributed by atoms with Crippen LogP contribution in [-0.4, -0.2) is 44.5 Å². The molecular weight excluding hydrogens is 210 g/mol. The number of carboxylic acid groups (broad SMARTS) is 1. The highest BCUT2D eigenvalue weighted by molar-refractivity contribution is 7.89. The predicted molar refractivity (Wildman–Crippen MR) is 50.5 cm³/mol. The van der Waals surface area contributed by atoms with Gasteiger partial charge in [0.15, 0.2) is 0 Å². The molecule has 0 amide bonds. The monoisotopic (exact) mass is 225 g/mol.